The molecule has 0 aliphatic carbocycles. The summed E-state index contributed by atoms with van der Waals surface area (Å²) >= 11 is 0. The van der Waals surface area contributed by atoms with E-state index in [4.69, 9.17) is 5.73 Å². The first-order valence-corrected chi connectivity index (χ1v) is 1.82. The first-order valence-electron chi connectivity index (χ1n) is 1.82. The van der Waals surface area contributed by atoms with Gasteiger partial charge < -0.3 is 5.73 Å². The summed E-state index contributed by atoms with van der Waals surface area (Å²) in [6.07, 6.45) is 0.833. The van der Waals surface area contributed by atoms with E-state index in [1.807, 2.05) is 6.92 Å². The molecule has 2 heteroatoms. The molecule has 0 fully saturated rings. The minimum absolute atomic E-state index is 0. The van der Waals surface area contributed by atoms with Crippen LogP contribution in [-0.4, -0.2) is 24.9 Å². The van der Waals surface area contributed by atoms with Crippen LogP contribution >= 0.6 is 0 Å². The molecule has 0 saturated heterocycles. The molecule has 0 rings (SSSR count). The predicted octanol–water partition coefficient (Wildman–Crippen LogP) is -0.0907. The molecule has 6 heavy (non-hydrogen) atoms. The average Bonchev–Trinajstić information content (AvgIpc) is 1.38. The molecule has 0 bridgehead atoms. The van der Waals surface area contributed by atoms with Gasteiger partial charge in [-0.3, -0.25) is 0 Å². The Balaban J connectivity index is 0. The van der Waals surface area contributed by atoms with E-state index in [-0.39, 0.29) is 24.9 Å². The van der Waals surface area contributed by atoms with Crippen LogP contribution in [0.2, 0.25) is 0 Å². The minimum atomic E-state index is 0. The van der Waals surface area contributed by atoms with E-state index in [0.717, 1.165) is 6.42 Å². The maximum atomic E-state index is 5.23. The molecule has 0 spiro atoms. The molecule has 0 heterocycles. The van der Waals surface area contributed by atoms with Gasteiger partial charge in [0, 0.05) is 6.04 Å². The number of rotatable bonds is 1. The fraction of sp³-hybridized carbons (Fsp3) is 0.750. The van der Waals surface area contributed by atoms with Gasteiger partial charge in [-0.1, -0.05) is 6.92 Å². The molecule has 1 atom stereocenters. The van der Waals surface area contributed by atoms with Gasteiger partial charge in [0.15, 0.2) is 0 Å². The van der Waals surface area contributed by atoms with Crippen molar-refractivity contribution in [2.45, 2.75) is 19.4 Å². The van der Waals surface area contributed by atoms with Crippen LogP contribution in [0, 0.1) is 6.92 Å². The number of hydrogen-bond acceptors (Lipinski definition) is 1. The van der Waals surface area contributed by atoms with Gasteiger partial charge in [-0.2, -0.15) is 0 Å². The molecule has 0 saturated carbocycles. The van der Waals surface area contributed by atoms with Gasteiger partial charge in [0.1, 0.15) is 0 Å². The Morgan fingerprint density at radius 3 is 2.00 bits per heavy atom. The molecular weight excluding hydrogens is 69.0 g/mol. The van der Waals surface area contributed by atoms with Crippen LogP contribution in [-0.2, 0) is 0 Å². The summed E-state index contributed by atoms with van der Waals surface area (Å²) in [4.78, 5) is 0. The zero-order valence-corrected chi connectivity index (χ0v) is 3.57. The first-order chi connectivity index (χ1) is 2.27. The van der Waals surface area contributed by atoms with Crippen molar-refractivity contribution in [3.8, 4) is 0 Å². The fourth-order valence-electron chi connectivity index (χ4n) is 0. The summed E-state index contributed by atoms with van der Waals surface area (Å²) in [6.45, 7) is 5.50. The maximum absolute atomic E-state index is 5.23. The van der Waals surface area contributed by atoms with Crippen LogP contribution in [0.4, 0.5) is 0 Å². The van der Waals surface area contributed by atoms with Crippen molar-refractivity contribution in [1.82, 2.24) is 0 Å². The molecule has 1 nitrogen and oxygen atoms in total. The third-order valence-corrected chi connectivity index (χ3v) is 0.455. The molecule has 33 valence electrons. The second kappa shape index (κ2) is 5.56. The molecular formula is C4H11LiN. The van der Waals surface area contributed by atoms with Gasteiger partial charge in [0.05, 0.1) is 0 Å². The van der Waals surface area contributed by atoms with E-state index in [0.29, 0.717) is 0 Å². The Morgan fingerprint density at radius 2 is 2.00 bits per heavy atom. The topological polar surface area (TPSA) is 26.0 Å². The average molecular weight is 80.1 g/mol. The first kappa shape index (κ1) is 9.75. The van der Waals surface area contributed by atoms with Crippen molar-refractivity contribution in [1.29, 1.82) is 0 Å². The Hall–Kier alpha value is 0.557. The van der Waals surface area contributed by atoms with Crippen molar-refractivity contribution in [2.24, 2.45) is 5.73 Å². The molecule has 0 aromatic rings. The predicted molar refractivity (Wildman–Crippen MR) is 30.8 cm³/mol. The molecule has 0 aliphatic rings. The van der Waals surface area contributed by atoms with Crippen LogP contribution in [0.15, 0.2) is 0 Å². The van der Waals surface area contributed by atoms with Gasteiger partial charge in [0.2, 0.25) is 0 Å². The van der Waals surface area contributed by atoms with Crippen molar-refractivity contribution in [3.05, 3.63) is 6.92 Å². The molecule has 0 aromatic heterocycles. The van der Waals surface area contributed by atoms with E-state index < -0.39 is 0 Å². The third kappa shape index (κ3) is 8.82. The fourth-order valence-corrected chi connectivity index (χ4v) is 0. The zero-order chi connectivity index (χ0) is 4.28. The SMILES string of the molecule is [CH2]CC(C)N.[LiH]. The van der Waals surface area contributed by atoms with Crippen LogP contribution < -0.4 is 5.73 Å². The van der Waals surface area contributed by atoms with Crippen LogP contribution in [0.1, 0.15) is 13.3 Å². The summed E-state index contributed by atoms with van der Waals surface area (Å²) in [5, 5.41) is 0. The zero-order valence-electron chi connectivity index (χ0n) is 3.57. The molecule has 0 amide bonds. The van der Waals surface area contributed by atoms with Crippen LogP contribution in [0.3, 0.4) is 0 Å². The van der Waals surface area contributed by atoms with E-state index >= 15 is 0 Å². The monoisotopic (exact) mass is 80.1 g/mol. The van der Waals surface area contributed by atoms with Crippen molar-refractivity contribution in [2.75, 3.05) is 0 Å². The van der Waals surface area contributed by atoms with Crippen molar-refractivity contribution >= 4 is 18.9 Å². The Labute approximate surface area is 51.5 Å². The Kier molecular flexibility index (Phi) is 9.03. The molecule has 0 aliphatic heterocycles. The second-order valence-electron chi connectivity index (χ2n) is 1.27. The normalized spacial score (nSPS) is 12.5. The molecule has 1 unspecified atom stereocenters. The third-order valence-electron chi connectivity index (χ3n) is 0.455. The van der Waals surface area contributed by atoms with E-state index in [1.165, 1.54) is 0 Å². The summed E-state index contributed by atoms with van der Waals surface area (Å²) in [5.74, 6) is 0. The van der Waals surface area contributed by atoms with Gasteiger partial charge in [-0.15, -0.1) is 0 Å². The second-order valence-corrected chi connectivity index (χ2v) is 1.27. The number of hydrogen-bond donors (Lipinski definition) is 1. The van der Waals surface area contributed by atoms with Gasteiger partial charge in [-0.05, 0) is 13.3 Å². The summed E-state index contributed by atoms with van der Waals surface area (Å²) in [7, 11) is 0. The molecule has 1 radical (unpaired) electrons. The van der Waals surface area contributed by atoms with E-state index in [2.05, 4.69) is 6.92 Å². The summed E-state index contributed by atoms with van der Waals surface area (Å²) in [6, 6.07) is 0.273. The standard InChI is InChI=1S/C4H10N.Li.H/c1-3-4(2)5;;/h4H,1,3,5H2,2H3;;. The summed E-state index contributed by atoms with van der Waals surface area (Å²) < 4.78 is 0. The summed E-state index contributed by atoms with van der Waals surface area (Å²) in [5.41, 5.74) is 5.23. The Morgan fingerprint density at radius 1 is 1.83 bits per heavy atom. The van der Waals surface area contributed by atoms with E-state index in [9.17, 15) is 0 Å². The molecule has 0 aromatic carbocycles. The van der Waals surface area contributed by atoms with Crippen molar-refractivity contribution < 1.29 is 0 Å². The van der Waals surface area contributed by atoms with E-state index in [1.54, 1.807) is 0 Å². The van der Waals surface area contributed by atoms with Crippen LogP contribution in [0.5, 0.6) is 0 Å². The van der Waals surface area contributed by atoms with Crippen LogP contribution in [0.25, 0.3) is 0 Å². The Bertz CT molecular complexity index is 21.5. The van der Waals surface area contributed by atoms with Gasteiger partial charge >= 0.3 is 18.9 Å². The van der Waals surface area contributed by atoms with Gasteiger partial charge in [0.25, 0.3) is 0 Å². The van der Waals surface area contributed by atoms with Gasteiger partial charge in [-0.25, -0.2) is 0 Å². The quantitative estimate of drug-likeness (QED) is 0.437. The molecule has 2 N–H and O–H groups in total. The number of nitrogens with two attached hydrogens (primary N) is 1. The van der Waals surface area contributed by atoms with Crippen molar-refractivity contribution in [3.63, 3.8) is 0 Å².